The Hall–Kier alpha value is -1.85. The summed E-state index contributed by atoms with van der Waals surface area (Å²) in [5.41, 5.74) is 2.90. The first-order valence-corrected chi connectivity index (χ1v) is 8.30. The molecule has 5 nitrogen and oxygen atoms in total. The first-order chi connectivity index (χ1) is 11.3. The molecule has 1 aliphatic rings. The molecule has 0 saturated carbocycles. The Morgan fingerprint density at radius 2 is 2.26 bits per heavy atom. The van der Waals surface area contributed by atoms with Gasteiger partial charge in [-0.2, -0.15) is 5.10 Å². The fraction of sp³-hybridized carbons (Fsp3) is 0.412. The molecule has 1 unspecified atom stereocenters. The third-order valence-electron chi connectivity index (χ3n) is 4.07. The molecule has 1 heterocycles. The Labute approximate surface area is 140 Å². The average molecular weight is 334 g/mol. The first-order valence-electron chi connectivity index (χ1n) is 7.92. The predicted octanol–water partition coefficient (Wildman–Crippen LogP) is 3.32. The van der Waals surface area contributed by atoms with Crippen molar-refractivity contribution in [1.29, 1.82) is 0 Å². The number of aryl methyl sites for hydroxylation is 1. The van der Waals surface area contributed by atoms with E-state index in [4.69, 9.17) is 16.3 Å². The molecule has 2 N–H and O–H groups in total. The fourth-order valence-corrected chi connectivity index (χ4v) is 3.07. The number of ether oxygens (including phenoxy) is 1. The molecule has 1 atom stereocenters. The van der Waals surface area contributed by atoms with Crippen molar-refractivity contribution >= 4 is 17.3 Å². The van der Waals surface area contributed by atoms with Crippen molar-refractivity contribution in [3.63, 3.8) is 0 Å². The van der Waals surface area contributed by atoms with Crippen molar-refractivity contribution in [2.24, 2.45) is 0 Å². The lowest BCUT2D eigenvalue weighted by molar-refractivity contribution is 0.0406. The zero-order valence-corrected chi connectivity index (χ0v) is 13.6. The number of rotatable bonds is 6. The van der Waals surface area contributed by atoms with E-state index in [9.17, 15) is 4.79 Å². The van der Waals surface area contributed by atoms with E-state index in [1.165, 1.54) is 23.7 Å². The predicted molar refractivity (Wildman–Crippen MR) is 91.0 cm³/mol. The molecular formula is C17H20ClN3O2. The van der Waals surface area contributed by atoms with E-state index in [2.05, 4.69) is 39.8 Å². The highest BCUT2D eigenvalue weighted by Crippen LogP contribution is 2.32. The van der Waals surface area contributed by atoms with Gasteiger partial charge in [0.05, 0.1) is 18.0 Å². The second kappa shape index (κ2) is 7.62. The van der Waals surface area contributed by atoms with Crippen LogP contribution in [0.15, 0.2) is 35.3 Å². The van der Waals surface area contributed by atoms with Gasteiger partial charge in [0.1, 0.15) is 5.02 Å². The highest BCUT2D eigenvalue weighted by atomic mass is 35.5. The maximum Gasteiger partial charge on any atom is 0.285 e. The fourth-order valence-electron chi connectivity index (χ4n) is 2.91. The standard InChI is InChI=1S/C17H20ClN3O2/c18-16-14(11-20-21-17(16)22)19-9-4-10-23-15-8-3-6-12-5-1-2-7-13(12)15/h1-2,5,7,11,15H,3-4,6,8-10H2,(H2,19,21,22). The highest BCUT2D eigenvalue weighted by molar-refractivity contribution is 6.32. The quantitative estimate of drug-likeness (QED) is 0.796. The minimum absolute atomic E-state index is 0.141. The summed E-state index contributed by atoms with van der Waals surface area (Å²) in [7, 11) is 0. The molecule has 2 aromatic rings. The number of H-pyrrole nitrogens is 1. The SMILES string of the molecule is O=c1[nH]ncc(NCCCOC2CCCc3ccccc32)c1Cl. The minimum atomic E-state index is -0.383. The van der Waals surface area contributed by atoms with E-state index in [1.54, 1.807) is 0 Å². The van der Waals surface area contributed by atoms with Gasteiger partial charge >= 0.3 is 0 Å². The molecule has 0 fully saturated rings. The molecule has 0 amide bonds. The molecule has 1 aliphatic carbocycles. The van der Waals surface area contributed by atoms with Gasteiger partial charge in [-0.3, -0.25) is 4.79 Å². The Bertz CT molecular complexity index is 717. The Balaban J connectivity index is 1.46. The van der Waals surface area contributed by atoms with Gasteiger partial charge in [0.15, 0.2) is 0 Å². The number of hydrogen-bond donors (Lipinski definition) is 2. The number of nitrogens with one attached hydrogen (secondary N) is 2. The minimum Gasteiger partial charge on any atom is -0.382 e. The van der Waals surface area contributed by atoms with Gasteiger partial charge in [0.2, 0.25) is 0 Å². The molecule has 23 heavy (non-hydrogen) atoms. The smallest absolute Gasteiger partial charge is 0.285 e. The van der Waals surface area contributed by atoms with Gasteiger partial charge in [-0.15, -0.1) is 0 Å². The molecule has 6 heteroatoms. The molecule has 0 saturated heterocycles. The number of hydrogen-bond acceptors (Lipinski definition) is 4. The number of aromatic amines is 1. The zero-order valence-electron chi connectivity index (χ0n) is 12.8. The lowest BCUT2D eigenvalue weighted by atomic mass is 9.89. The Kier molecular flexibility index (Phi) is 5.31. The van der Waals surface area contributed by atoms with Gasteiger partial charge in [0, 0.05) is 13.2 Å². The van der Waals surface area contributed by atoms with E-state index in [0.29, 0.717) is 18.8 Å². The topological polar surface area (TPSA) is 67.0 Å². The normalized spacial score (nSPS) is 16.8. The van der Waals surface area contributed by atoms with Crippen molar-refractivity contribution in [3.8, 4) is 0 Å². The van der Waals surface area contributed by atoms with Crippen LogP contribution in [0.1, 0.15) is 36.5 Å². The summed E-state index contributed by atoms with van der Waals surface area (Å²) in [4.78, 5) is 11.3. The zero-order chi connectivity index (χ0) is 16.1. The summed E-state index contributed by atoms with van der Waals surface area (Å²) < 4.78 is 6.04. The maximum absolute atomic E-state index is 11.3. The number of aromatic nitrogens is 2. The van der Waals surface area contributed by atoms with Crippen LogP contribution in [0.5, 0.6) is 0 Å². The molecule has 0 spiro atoms. The van der Waals surface area contributed by atoms with Gasteiger partial charge in [-0.25, -0.2) is 5.10 Å². The number of benzene rings is 1. The van der Waals surface area contributed by atoms with Crippen molar-refractivity contribution in [2.45, 2.75) is 31.8 Å². The van der Waals surface area contributed by atoms with Crippen LogP contribution in [0, 0.1) is 0 Å². The molecule has 122 valence electrons. The van der Waals surface area contributed by atoms with Crippen molar-refractivity contribution < 1.29 is 4.74 Å². The first kappa shape index (κ1) is 16.0. The number of halogens is 1. The van der Waals surface area contributed by atoms with E-state index < -0.39 is 0 Å². The molecular weight excluding hydrogens is 314 g/mol. The van der Waals surface area contributed by atoms with Crippen LogP contribution in [0.2, 0.25) is 5.02 Å². The van der Waals surface area contributed by atoms with Crippen LogP contribution < -0.4 is 10.9 Å². The lowest BCUT2D eigenvalue weighted by Crippen LogP contribution is -2.16. The van der Waals surface area contributed by atoms with Crippen LogP contribution in [0.4, 0.5) is 5.69 Å². The van der Waals surface area contributed by atoms with E-state index in [0.717, 1.165) is 19.3 Å². The van der Waals surface area contributed by atoms with Gasteiger partial charge < -0.3 is 10.1 Å². The van der Waals surface area contributed by atoms with Crippen LogP contribution in [0.25, 0.3) is 0 Å². The van der Waals surface area contributed by atoms with Crippen LogP contribution in [-0.4, -0.2) is 23.3 Å². The van der Waals surface area contributed by atoms with E-state index in [1.807, 2.05) is 0 Å². The summed E-state index contributed by atoms with van der Waals surface area (Å²) in [5.74, 6) is 0. The summed E-state index contributed by atoms with van der Waals surface area (Å²) in [6.07, 6.45) is 5.95. The van der Waals surface area contributed by atoms with E-state index in [-0.39, 0.29) is 16.7 Å². The third kappa shape index (κ3) is 3.92. The van der Waals surface area contributed by atoms with Crippen molar-refractivity contribution in [3.05, 3.63) is 57.0 Å². The summed E-state index contributed by atoms with van der Waals surface area (Å²) >= 11 is 5.91. The van der Waals surface area contributed by atoms with Gasteiger partial charge in [0.25, 0.3) is 5.56 Å². The summed E-state index contributed by atoms with van der Waals surface area (Å²) in [6, 6.07) is 8.52. The largest absolute Gasteiger partial charge is 0.382 e. The van der Waals surface area contributed by atoms with Crippen LogP contribution >= 0.6 is 11.6 Å². The van der Waals surface area contributed by atoms with Gasteiger partial charge in [-0.05, 0) is 36.8 Å². The molecule has 0 aliphatic heterocycles. The Morgan fingerprint density at radius 1 is 1.39 bits per heavy atom. The summed E-state index contributed by atoms with van der Waals surface area (Å²) in [5, 5.41) is 9.28. The molecule has 0 bridgehead atoms. The number of fused-ring (bicyclic) bond motifs is 1. The molecule has 3 rings (SSSR count). The second-order valence-electron chi connectivity index (χ2n) is 5.66. The average Bonchev–Trinajstić information content (AvgIpc) is 2.58. The maximum atomic E-state index is 11.3. The molecule has 1 aromatic heterocycles. The third-order valence-corrected chi connectivity index (χ3v) is 4.44. The van der Waals surface area contributed by atoms with Crippen molar-refractivity contribution in [2.75, 3.05) is 18.5 Å². The molecule has 1 aromatic carbocycles. The number of anilines is 1. The Morgan fingerprint density at radius 3 is 3.17 bits per heavy atom. The van der Waals surface area contributed by atoms with Crippen molar-refractivity contribution in [1.82, 2.24) is 10.2 Å². The number of nitrogens with zero attached hydrogens (tertiary/aromatic N) is 1. The monoisotopic (exact) mass is 333 g/mol. The lowest BCUT2D eigenvalue weighted by Gasteiger charge is -2.25. The van der Waals surface area contributed by atoms with Crippen LogP contribution in [0.3, 0.4) is 0 Å². The molecule has 0 radical (unpaired) electrons. The second-order valence-corrected chi connectivity index (χ2v) is 6.04. The van der Waals surface area contributed by atoms with Gasteiger partial charge in [-0.1, -0.05) is 35.9 Å². The summed E-state index contributed by atoms with van der Waals surface area (Å²) in [6.45, 7) is 1.35. The highest BCUT2D eigenvalue weighted by Gasteiger charge is 2.19. The van der Waals surface area contributed by atoms with E-state index >= 15 is 0 Å². The van der Waals surface area contributed by atoms with Crippen LogP contribution in [-0.2, 0) is 11.2 Å².